The first-order valence-electron chi connectivity index (χ1n) is 10.2. The number of nitrogens with zero attached hydrogens (tertiary/aromatic N) is 2. The lowest BCUT2D eigenvalue weighted by Gasteiger charge is -2.13. The van der Waals surface area contributed by atoms with Crippen LogP contribution in [0.15, 0.2) is 61.2 Å². The summed E-state index contributed by atoms with van der Waals surface area (Å²) in [6, 6.07) is 10.0. The first-order valence-corrected chi connectivity index (χ1v) is 10.2. The minimum Gasteiger partial charge on any atom is -0.465 e. The number of pyridine rings is 2. The highest BCUT2D eigenvalue weighted by molar-refractivity contribution is 5.95. The Balaban J connectivity index is 1.84. The second-order valence-electron chi connectivity index (χ2n) is 6.93. The molecule has 1 fully saturated rings. The fraction of sp³-hybridized carbons (Fsp3) is 0.0357. The number of aromatic nitrogens is 2. The maximum Gasteiger partial charge on any atom is 0.337 e. The third-order valence-corrected chi connectivity index (χ3v) is 4.65. The van der Waals surface area contributed by atoms with E-state index in [1.165, 1.54) is 19.2 Å². The Morgan fingerprint density at radius 2 is 1.24 bits per heavy atom. The molecule has 6 heteroatoms. The molecule has 6 nitrogen and oxygen atoms in total. The Labute approximate surface area is 198 Å². The van der Waals surface area contributed by atoms with Gasteiger partial charge in [-0.1, -0.05) is 23.7 Å². The molecule has 2 heterocycles. The van der Waals surface area contributed by atoms with Crippen LogP contribution in [0.4, 0.5) is 0 Å². The number of ether oxygens (including phenoxy) is 2. The normalized spacial score (nSPS) is 12.6. The van der Waals surface area contributed by atoms with Crippen molar-refractivity contribution >= 4 is 11.9 Å². The van der Waals surface area contributed by atoms with Crippen molar-refractivity contribution in [2.75, 3.05) is 7.11 Å². The second kappa shape index (κ2) is 10.9. The Kier molecular flexibility index (Phi) is 7.32. The maximum absolute atomic E-state index is 12.8. The highest BCUT2D eigenvalue weighted by atomic mass is 16.5. The molecular weight excluding hydrogens is 428 g/mol. The van der Waals surface area contributed by atoms with Crippen molar-refractivity contribution in [3.8, 4) is 29.4 Å². The lowest BCUT2D eigenvalue weighted by atomic mass is 10.0. The van der Waals surface area contributed by atoms with Crippen molar-refractivity contribution in [3.63, 3.8) is 0 Å². The van der Waals surface area contributed by atoms with E-state index in [-0.39, 0.29) is 11.3 Å². The van der Waals surface area contributed by atoms with Gasteiger partial charge in [-0.05, 0) is 62.1 Å². The van der Waals surface area contributed by atoms with E-state index < -0.39 is 11.9 Å². The average Bonchev–Trinajstić information content (AvgIpc) is 3.43. The molecule has 0 spiro atoms. The molecule has 0 saturated heterocycles. The Morgan fingerprint density at radius 3 is 1.71 bits per heavy atom. The first kappa shape index (κ1) is 22.8. The summed E-state index contributed by atoms with van der Waals surface area (Å²) in [7, 11) is 1.29. The van der Waals surface area contributed by atoms with Crippen LogP contribution in [0.3, 0.4) is 0 Å². The number of methoxy groups -OCH3 is 1. The van der Waals surface area contributed by atoms with Gasteiger partial charge < -0.3 is 9.47 Å². The molecule has 34 heavy (non-hydrogen) atoms. The van der Waals surface area contributed by atoms with Gasteiger partial charge in [-0.3, -0.25) is 14.8 Å². The number of benzene rings is 1. The zero-order chi connectivity index (χ0) is 23.8. The van der Waals surface area contributed by atoms with Gasteiger partial charge in [0, 0.05) is 35.9 Å². The van der Waals surface area contributed by atoms with Crippen molar-refractivity contribution in [3.05, 3.63) is 121 Å². The minimum atomic E-state index is -0.562. The zero-order valence-corrected chi connectivity index (χ0v) is 18.1. The lowest BCUT2D eigenvalue weighted by Crippen LogP contribution is -2.18. The molecule has 1 saturated carbocycles. The SMILES string of the molecule is COC(=O)c1cc(C#Cc2ccncc2)c(OC(=O)[C]2[CH][CH][CH][CH]2)c(C#Cc2ccncc2)c1. The van der Waals surface area contributed by atoms with Crippen LogP contribution in [0, 0.1) is 55.3 Å². The van der Waals surface area contributed by atoms with Crippen molar-refractivity contribution in [2.45, 2.75) is 0 Å². The summed E-state index contributed by atoms with van der Waals surface area (Å²) in [5, 5.41) is 0. The molecule has 0 atom stereocenters. The van der Waals surface area contributed by atoms with Crippen LogP contribution in [0.5, 0.6) is 5.75 Å². The number of carbonyl (C=O) groups is 2. The zero-order valence-electron chi connectivity index (χ0n) is 18.1. The van der Waals surface area contributed by atoms with Gasteiger partial charge in [-0.15, -0.1) is 0 Å². The van der Waals surface area contributed by atoms with E-state index in [0.717, 1.165) is 0 Å². The summed E-state index contributed by atoms with van der Waals surface area (Å²) in [6.07, 6.45) is 13.3. The highest BCUT2D eigenvalue weighted by Gasteiger charge is 2.28. The molecule has 1 aromatic carbocycles. The molecule has 5 radical (unpaired) electrons. The van der Waals surface area contributed by atoms with E-state index in [4.69, 9.17) is 9.47 Å². The van der Waals surface area contributed by atoms with Gasteiger partial charge in [0.2, 0.25) is 0 Å². The monoisotopic (exact) mass is 445 g/mol. The summed E-state index contributed by atoms with van der Waals surface area (Å²) in [6.45, 7) is 0. The van der Waals surface area contributed by atoms with Gasteiger partial charge in [-0.2, -0.15) is 0 Å². The van der Waals surface area contributed by atoms with Gasteiger partial charge in [0.1, 0.15) is 0 Å². The summed E-state index contributed by atoms with van der Waals surface area (Å²) >= 11 is 0. The molecule has 1 aliphatic rings. The molecule has 0 N–H and O–H groups in total. The summed E-state index contributed by atoms with van der Waals surface area (Å²) in [4.78, 5) is 33.1. The molecule has 0 amide bonds. The molecule has 2 aromatic heterocycles. The molecule has 0 unspecified atom stereocenters. The van der Waals surface area contributed by atoms with Gasteiger partial charge in [0.25, 0.3) is 0 Å². The molecule has 0 aliphatic heterocycles. The van der Waals surface area contributed by atoms with Crippen LogP contribution in [0.25, 0.3) is 0 Å². The van der Waals surface area contributed by atoms with E-state index in [2.05, 4.69) is 33.6 Å². The molecule has 0 bridgehead atoms. The fourth-order valence-electron chi connectivity index (χ4n) is 2.97. The number of esters is 2. The van der Waals surface area contributed by atoms with E-state index in [1.807, 2.05) is 0 Å². The van der Waals surface area contributed by atoms with Crippen molar-refractivity contribution in [2.24, 2.45) is 0 Å². The number of carbonyl (C=O) groups excluding carboxylic acids is 2. The van der Waals surface area contributed by atoms with Crippen molar-refractivity contribution in [1.82, 2.24) is 9.97 Å². The third kappa shape index (κ3) is 5.68. The maximum atomic E-state index is 12.8. The predicted molar refractivity (Wildman–Crippen MR) is 124 cm³/mol. The average molecular weight is 445 g/mol. The van der Waals surface area contributed by atoms with Crippen LogP contribution in [-0.4, -0.2) is 29.0 Å². The Morgan fingerprint density at radius 1 is 0.735 bits per heavy atom. The van der Waals surface area contributed by atoms with Crippen LogP contribution >= 0.6 is 0 Å². The molecule has 4 rings (SSSR count). The lowest BCUT2D eigenvalue weighted by molar-refractivity contribution is -0.131. The van der Waals surface area contributed by atoms with Crippen LogP contribution < -0.4 is 4.74 Å². The van der Waals surface area contributed by atoms with Crippen molar-refractivity contribution in [1.29, 1.82) is 0 Å². The third-order valence-electron chi connectivity index (χ3n) is 4.65. The van der Waals surface area contributed by atoms with Gasteiger partial charge >= 0.3 is 11.9 Å². The van der Waals surface area contributed by atoms with Crippen LogP contribution in [0.2, 0.25) is 0 Å². The Bertz CT molecular complexity index is 1230. The second-order valence-corrected chi connectivity index (χ2v) is 6.93. The predicted octanol–water partition coefficient (Wildman–Crippen LogP) is 3.37. The van der Waals surface area contributed by atoms with Gasteiger partial charge in [-0.25, -0.2) is 4.79 Å². The van der Waals surface area contributed by atoms with Gasteiger partial charge in [0.05, 0.1) is 29.7 Å². The summed E-state index contributed by atoms with van der Waals surface area (Å²) in [5.74, 6) is 11.4. The smallest absolute Gasteiger partial charge is 0.337 e. The summed E-state index contributed by atoms with van der Waals surface area (Å²) < 4.78 is 10.6. The van der Waals surface area contributed by atoms with E-state index in [0.29, 0.717) is 28.2 Å². The molecule has 1 aliphatic carbocycles. The van der Waals surface area contributed by atoms with E-state index in [1.54, 1.807) is 74.7 Å². The largest absolute Gasteiger partial charge is 0.465 e. The Hall–Kier alpha value is -4.42. The van der Waals surface area contributed by atoms with E-state index >= 15 is 0 Å². The quantitative estimate of drug-likeness (QED) is 0.350. The molecular formula is C28H17N2O4. The number of hydrogen-bond acceptors (Lipinski definition) is 6. The molecule has 163 valence electrons. The number of rotatable bonds is 3. The van der Waals surface area contributed by atoms with Crippen molar-refractivity contribution < 1.29 is 19.1 Å². The fourth-order valence-corrected chi connectivity index (χ4v) is 2.97. The minimum absolute atomic E-state index is 0.155. The van der Waals surface area contributed by atoms with E-state index in [9.17, 15) is 9.59 Å². The topological polar surface area (TPSA) is 78.4 Å². The van der Waals surface area contributed by atoms with Crippen LogP contribution in [0.1, 0.15) is 32.6 Å². The standard InChI is InChI=1S/C28H17N2O4/c1-33-27(31)25-18-23(8-6-20-10-14-29-15-11-20)26(34-28(32)22-4-2-3-5-22)24(19-25)9-7-21-12-16-30-17-13-21/h2-5,10-19H,1H3. The van der Waals surface area contributed by atoms with Gasteiger partial charge in [0.15, 0.2) is 5.75 Å². The summed E-state index contributed by atoms with van der Waals surface area (Å²) in [5.41, 5.74) is 2.28. The van der Waals surface area contributed by atoms with Crippen LogP contribution in [-0.2, 0) is 9.53 Å². The number of hydrogen-bond donors (Lipinski definition) is 0. The highest BCUT2D eigenvalue weighted by Crippen LogP contribution is 2.30. The first-order chi connectivity index (χ1) is 16.6. The molecule has 3 aromatic rings.